The average molecular weight is 385 g/mol. The number of urea groups is 1. The van der Waals surface area contributed by atoms with E-state index in [2.05, 4.69) is 0 Å². The highest BCUT2D eigenvalue weighted by Crippen LogP contribution is 2.08. The van der Waals surface area contributed by atoms with E-state index >= 15 is 0 Å². The van der Waals surface area contributed by atoms with Crippen LogP contribution in [0.1, 0.15) is 39.2 Å². The molecule has 0 bridgehead atoms. The monoisotopic (exact) mass is 385 g/mol. The fourth-order valence-corrected chi connectivity index (χ4v) is 1.59. The van der Waals surface area contributed by atoms with Gasteiger partial charge in [0, 0.05) is 18.5 Å². The van der Waals surface area contributed by atoms with E-state index in [9.17, 15) is 19.2 Å². The van der Waals surface area contributed by atoms with Gasteiger partial charge in [-0.1, -0.05) is 32.9 Å². The van der Waals surface area contributed by atoms with Gasteiger partial charge in [0.2, 0.25) is 0 Å². The number of nitrogens with two attached hydrogens (primary N) is 1. The molecule has 0 spiro atoms. The molecule has 152 valence electrons. The summed E-state index contributed by atoms with van der Waals surface area (Å²) in [5, 5.41) is 28.7. The molecule has 27 heavy (non-hydrogen) atoms. The normalized spacial score (nSPS) is 10.0. The van der Waals surface area contributed by atoms with Crippen LogP contribution in [0.5, 0.6) is 0 Å². The predicted molar refractivity (Wildman–Crippen MR) is 99.6 cm³/mol. The summed E-state index contributed by atoms with van der Waals surface area (Å²) >= 11 is 0. The Labute approximate surface area is 157 Å². The molecule has 0 saturated carbocycles. The first-order valence-electron chi connectivity index (χ1n) is 8.25. The van der Waals surface area contributed by atoms with Crippen molar-refractivity contribution in [1.82, 2.24) is 10.6 Å². The van der Waals surface area contributed by atoms with E-state index in [0.717, 1.165) is 6.42 Å². The van der Waals surface area contributed by atoms with Crippen LogP contribution in [0, 0.1) is 0 Å². The molecule has 0 aliphatic heterocycles. The van der Waals surface area contributed by atoms with Gasteiger partial charge in [-0.2, -0.15) is 0 Å². The molecule has 1 atom stereocenters. The topological polar surface area (TPSA) is 179 Å². The van der Waals surface area contributed by atoms with Crippen molar-refractivity contribution in [2.24, 2.45) is 0 Å². The van der Waals surface area contributed by atoms with Crippen molar-refractivity contribution >= 4 is 29.8 Å². The molecule has 1 unspecified atom stereocenters. The van der Waals surface area contributed by atoms with Gasteiger partial charge in [0.25, 0.3) is 0 Å². The van der Waals surface area contributed by atoms with Crippen molar-refractivity contribution in [2.75, 3.05) is 5.73 Å². The highest BCUT2D eigenvalue weighted by Gasteiger charge is 2.21. The number of amides is 3. The second kappa shape index (κ2) is 15.0. The Hall–Kier alpha value is -3.30. The maximum absolute atomic E-state index is 11.1. The van der Waals surface area contributed by atoms with Crippen molar-refractivity contribution < 1.29 is 34.5 Å². The van der Waals surface area contributed by atoms with Gasteiger partial charge in [-0.15, -0.1) is 0 Å². The summed E-state index contributed by atoms with van der Waals surface area (Å²) in [4.78, 5) is 41.9. The number of imide groups is 1. The smallest absolute Gasteiger partial charge is 0.412 e. The summed E-state index contributed by atoms with van der Waals surface area (Å²) in [5.74, 6) is -1.98. The van der Waals surface area contributed by atoms with Crippen LogP contribution >= 0.6 is 0 Å². The molecule has 1 rings (SSSR count). The Kier molecular flexibility index (Phi) is 14.4. The van der Waals surface area contributed by atoms with Gasteiger partial charge in [0.1, 0.15) is 6.04 Å². The fraction of sp³-hybridized carbons (Fsp3) is 0.412. The highest BCUT2D eigenvalue weighted by atomic mass is 16.4. The number of hydrogen-bond acceptors (Lipinski definition) is 5. The molecular formula is C17H27N3O7. The molecular weight excluding hydrogens is 358 g/mol. The minimum atomic E-state index is -1.56. The number of nitrogens with one attached hydrogen (secondary N) is 2. The van der Waals surface area contributed by atoms with Crippen LogP contribution in [-0.4, -0.2) is 45.4 Å². The Morgan fingerprint density at radius 2 is 1.56 bits per heavy atom. The number of carboxylic acids is 2. The number of anilines is 1. The molecule has 0 aliphatic rings. The van der Waals surface area contributed by atoms with Gasteiger partial charge < -0.3 is 26.4 Å². The summed E-state index contributed by atoms with van der Waals surface area (Å²) in [5.41, 5.74) is 6.68. The SMILES string of the molecule is CC.CCCC(=O)O.Nc1ccc(CC(NC(=O)NC(=O)O)C(=O)O)cc1. The lowest BCUT2D eigenvalue weighted by Gasteiger charge is -2.14. The molecule has 0 radical (unpaired) electrons. The van der Waals surface area contributed by atoms with Crippen LogP contribution in [0.2, 0.25) is 0 Å². The molecule has 0 saturated heterocycles. The fourth-order valence-electron chi connectivity index (χ4n) is 1.59. The van der Waals surface area contributed by atoms with Crippen LogP contribution in [0.15, 0.2) is 24.3 Å². The molecule has 0 aromatic heterocycles. The van der Waals surface area contributed by atoms with Gasteiger partial charge in [-0.05, 0) is 24.1 Å². The van der Waals surface area contributed by atoms with E-state index in [1.807, 2.05) is 26.1 Å². The van der Waals surface area contributed by atoms with E-state index in [1.165, 1.54) is 5.32 Å². The minimum absolute atomic E-state index is 0.0165. The quantitative estimate of drug-likeness (QED) is 0.403. The maximum Gasteiger partial charge on any atom is 0.412 e. The number of hydrogen-bond donors (Lipinski definition) is 6. The Bertz CT molecular complexity index is 603. The number of nitrogen functional groups attached to an aromatic ring is 1. The first-order chi connectivity index (χ1) is 12.6. The lowest BCUT2D eigenvalue weighted by atomic mass is 10.1. The van der Waals surface area contributed by atoms with Gasteiger partial charge in [-0.3, -0.25) is 4.79 Å². The first-order valence-corrected chi connectivity index (χ1v) is 8.25. The zero-order valence-corrected chi connectivity index (χ0v) is 15.6. The number of carbonyl (C=O) groups excluding carboxylic acids is 1. The molecule has 0 fully saturated rings. The number of rotatable bonds is 6. The van der Waals surface area contributed by atoms with Crippen molar-refractivity contribution in [3.63, 3.8) is 0 Å². The molecule has 3 amide bonds. The number of carbonyl (C=O) groups is 4. The highest BCUT2D eigenvalue weighted by molar-refractivity contribution is 5.92. The van der Waals surface area contributed by atoms with Crippen molar-refractivity contribution in [2.45, 2.75) is 46.1 Å². The molecule has 7 N–H and O–H groups in total. The molecule has 10 nitrogen and oxygen atoms in total. The van der Waals surface area contributed by atoms with E-state index in [4.69, 9.17) is 21.1 Å². The van der Waals surface area contributed by atoms with Gasteiger partial charge in [0.15, 0.2) is 0 Å². The van der Waals surface area contributed by atoms with Gasteiger partial charge in [-0.25, -0.2) is 19.7 Å². The Morgan fingerprint density at radius 1 is 1.04 bits per heavy atom. The maximum atomic E-state index is 11.1. The first kappa shape index (κ1) is 25.9. The van der Waals surface area contributed by atoms with Gasteiger partial charge in [0.05, 0.1) is 0 Å². The van der Waals surface area contributed by atoms with E-state index in [0.29, 0.717) is 17.7 Å². The Morgan fingerprint density at radius 3 is 1.89 bits per heavy atom. The van der Waals surface area contributed by atoms with Crippen LogP contribution in [0.25, 0.3) is 0 Å². The predicted octanol–water partition coefficient (Wildman–Crippen LogP) is 2.14. The third-order valence-corrected chi connectivity index (χ3v) is 2.71. The molecule has 0 aliphatic carbocycles. The van der Waals surface area contributed by atoms with E-state index in [1.54, 1.807) is 24.3 Å². The molecule has 0 heterocycles. The van der Waals surface area contributed by atoms with Crippen LogP contribution in [0.3, 0.4) is 0 Å². The van der Waals surface area contributed by atoms with Crippen LogP contribution in [0.4, 0.5) is 15.3 Å². The number of carboxylic acid groups (broad SMARTS) is 3. The van der Waals surface area contributed by atoms with Crippen molar-refractivity contribution in [3.8, 4) is 0 Å². The van der Waals surface area contributed by atoms with Gasteiger partial charge >= 0.3 is 24.1 Å². The molecule has 1 aromatic carbocycles. The standard InChI is InChI=1S/C11H13N3O5.C4H8O2.C2H6/c12-7-3-1-6(2-4-7)5-8(9(15)16)13-10(17)14-11(18)19;1-2-3-4(5)6;1-2/h1-4,8H,5,12H2,(H,15,16)(H,18,19)(H2,13,14,17);2-3H2,1H3,(H,5,6);1-2H3. The number of aliphatic carboxylic acids is 2. The summed E-state index contributed by atoms with van der Waals surface area (Å²) in [6.45, 7) is 5.84. The summed E-state index contributed by atoms with van der Waals surface area (Å²) in [6, 6.07) is 4.14. The average Bonchev–Trinajstić information content (AvgIpc) is 2.57. The second-order valence-corrected chi connectivity index (χ2v) is 4.88. The summed E-state index contributed by atoms with van der Waals surface area (Å²) in [7, 11) is 0. The lowest BCUT2D eigenvalue weighted by molar-refractivity contribution is -0.139. The summed E-state index contributed by atoms with van der Waals surface area (Å²) < 4.78 is 0. The van der Waals surface area contributed by atoms with Crippen LogP contribution < -0.4 is 16.4 Å². The van der Waals surface area contributed by atoms with E-state index in [-0.39, 0.29) is 6.42 Å². The van der Waals surface area contributed by atoms with E-state index < -0.39 is 30.1 Å². The second-order valence-electron chi connectivity index (χ2n) is 4.88. The van der Waals surface area contributed by atoms with Crippen molar-refractivity contribution in [3.05, 3.63) is 29.8 Å². The van der Waals surface area contributed by atoms with Crippen molar-refractivity contribution in [1.29, 1.82) is 0 Å². The summed E-state index contributed by atoms with van der Waals surface area (Å²) in [6.07, 6.45) is -0.521. The third-order valence-electron chi connectivity index (χ3n) is 2.71. The number of benzene rings is 1. The largest absolute Gasteiger partial charge is 0.481 e. The molecule has 10 heteroatoms. The van der Waals surface area contributed by atoms with Crippen LogP contribution in [-0.2, 0) is 16.0 Å². The minimum Gasteiger partial charge on any atom is -0.481 e. The third kappa shape index (κ3) is 14.7. The Balaban J connectivity index is 0. The zero-order chi connectivity index (χ0) is 21.4. The lowest BCUT2D eigenvalue weighted by Crippen LogP contribution is -2.48. The zero-order valence-electron chi connectivity index (χ0n) is 15.6. The molecule has 1 aromatic rings.